The molecule has 0 saturated heterocycles. The summed E-state index contributed by atoms with van der Waals surface area (Å²) in [7, 11) is 0. The Kier molecular flexibility index (Phi) is 3.60. The van der Waals surface area contributed by atoms with Crippen molar-refractivity contribution in [2.45, 2.75) is 20.8 Å². The van der Waals surface area contributed by atoms with Crippen LogP contribution in [0.25, 0.3) is 11.3 Å². The Bertz CT molecular complexity index is 615. The average molecular weight is 258 g/mol. The summed E-state index contributed by atoms with van der Waals surface area (Å²) in [5.41, 5.74) is 10.6. The molecule has 0 bridgehead atoms. The van der Waals surface area contributed by atoms with Gasteiger partial charge in [-0.05, 0) is 26.3 Å². The monoisotopic (exact) mass is 258 g/mol. The van der Waals surface area contributed by atoms with Gasteiger partial charge in [0, 0.05) is 11.3 Å². The number of esters is 1. The summed E-state index contributed by atoms with van der Waals surface area (Å²) in [5.74, 6) is -0.381. The van der Waals surface area contributed by atoms with Gasteiger partial charge in [0.25, 0.3) is 0 Å². The van der Waals surface area contributed by atoms with Crippen LogP contribution in [0.2, 0.25) is 0 Å². The molecule has 100 valence electrons. The first kappa shape index (κ1) is 13.2. The molecular weight excluding hydrogens is 240 g/mol. The van der Waals surface area contributed by atoms with Gasteiger partial charge in [0.2, 0.25) is 0 Å². The molecule has 4 nitrogen and oxygen atoms in total. The largest absolute Gasteiger partial charge is 0.462 e. The van der Waals surface area contributed by atoms with Crippen molar-refractivity contribution in [3.8, 4) is 11.3 Å². The maximum absolute atomic E-state index is 11.9. The Morgan fingerprint density at radius 1 is 1.32 bits per heavy atom. The summed E-state index contributed by atoms with van der Waals surface area (Å²) in [5, 5.41) is 0. The number of nitrogens with one attached hydrogen (secondary N) is 1. The van der Waals surface area contributed by atoms with Crippen molar-refractivity contribution < 1.29 is 9.53 Å². The molecule has 0 aliphatic carbocycles. The third kappa shape index (κ3) is 2.34. The summed E-state index contributed by atoms with van der Waals surface area (Å²) < 4.78 is 5.03. The summed E-state index contributed by atoms with van der Waals surface area (Å²) in [6.45, 7) is 5.94. The van der Waals surface area contributed by atoms with Crippen molar-refractivity contribution in [3.63, 3.8) is 0 Å². The molecule has 3 N–H and O–H groups in total. The van der Waals surface area contributed by atoms with Gasteiger partial charge in [-0.1, -0.05) is 24.3 Å². The van der Waals surface area contributed by atoms with Crippen LogP contribution in [0.1, 0.15) is 28.5 Å². The number of aromatic nitrogens is 1. The third-order valence-corrected chi connectivity index (χ3v) is 3.12. The van der Waals surface area contributed by atoms with Crippen molar-refractivity contribution in [1.82, 2.24) is 4.98 Å². The summed E-state index contributed by atoms with van der Waals surface area (Å²) in [4.78, 5) is 15.1. The minimum absolute atomic E-state index is 0.336. The molecular formula is C15H18N2O2. The molecule has 0 radical (unpaired) electrons. The number of ether oxygens (including phenoxy) is 1. The van der Waals surface area contributed by atoms with Crippen LogP contribution in [0.3, 0.4) is 0 Å². The van der Waals surface area contributed by atoms with Crippen molar-refractivity contribution in [2.24, 2.45) is 0 Å². The van der Waals surface area contributed by atoms with E-state index in [9.17, 15) is 4.79 Å². The van der Waals surface area contributed by atoms with Crippen LogP contribution >= 0.6 is 0 Å². The van der Waals surface area contributed by atoms with E-state index in [2.05, 4.69) is 4.98 Å². The van der Waals surface area contributed by atoms with Gasteiger partial charge >= 0.3 is 5.97 Å². The van der Waals surface area contributed by atoms with Gasteiger partial charge in [-0.25, -0.2) is 4.79 Å². The second-order valence-corrected chi connectivity index (χ2v) is 4.45. The summed E-state index contributed by atoms with van der Waals surface area (Å²) in [6, 6.07) is 7.90. The standard InChI is InChI=1S/C15H18N2O2/c1-4-19-15(18)12-10(3)17-14(13(12)16)11-8-6-5-7-9(11)2/h5-8,17H,4,16H2,1-3H3. The highest BCUT2D eigenvalue weighted by atomic mass is 16.5. The Labute approximate surface area is 112 Å². The second-order valence-electron chi connectivity index (χ2n) is 4.45. The number of carbonyl (C=O) groups is 1. The van der Waals surface area contributed by atoms with Crippen molar-refractivity contribution in [3.05, 3.63) is 41.1 Å². The maximum Gasteiger partial charge on any atom is 0.342 e. The lowest BCUT2D eigenvalue weighted by Gasteiger charge is -2.05. The molecule has 1 aromatic carbocycles. The number of nitrogen functional groups attached to an aromatic ring is 1. The number of benzene rings is 1. The van der Waals surface area contributed by atoms with Crippen LogP contribution in [-0.2, 0) is 4.74 Å². The number of nitrogens with two attached hydrogens (primary N) is 1. The SMILES string of the molecule is CCOC(=O)c1c(C)[nH]c(-c2ccccc2C)c1N. The highest BCUT2D eigenvalue weighted by Gasteiger charge is 2.21. The third-order valence-electron chi connectivity index (χ3n) is 3.12. The van der Waals surface area contributed by atoms with Gasteiger partial charge in [0.15, 0.2) is 0 Å². The number of rotatable bonds is 3. The second kappa shape index (κ2) is 5.18. The summed E-state index contributed by atoms with van der Waals surface area (Å²) in [6.07, 6.45) is 0. The molecule has 0 aliphatic heterocycles. The Morgan fingerprint density at radius 2 is 2.00 bits per heavy atom. The molecule has 1 heterocycles. The Morgan fingerprint density at radius 3 is 2.63 bits per heavy atom. The molecule has 0 fully saturated rings. The number of anilines is 1. The first-order valence-electron chi connectivity index (χ1n) is 6.27. The molecule has 4 heteroatoms. The van der Waals surface area contributed by atoms with Crippen molar-refractivity contribution in [2.75, 3.05) is 12.3 Å². The number of H-pyrrole nitrogens is 1. The zero-order valence-corrected chi connectivity index (χ0v) is 11.4. The number of aryl methyl sites for hydroxylation is 2. The van der Waals surface area contributed by atoms with Gasteiger partial charge in [-0.2, -0.15) is 0 Å². The lowest BCUT2D eigenvalue weighted by Crippen LogP contribution is -2.07. The number of aromatic amines is 1. The van der Waals surface area contributed by atoms with Crippen LogP contribution < -0.4 is 5.73 Å². The van der Waals surface area contributed by atoms with Crippen LogP contribution in [0.15, 0.2) is 24.3 Å². The first-order chi connectivity index (χ1) is 9.06. The van der Waals surface area contributed by atoms with Gasteiger partial charge in [-0.15, -0.1) is 0 Å². The van der Waals surface area contributed by atoms with E-state index in [1.54, 1.807) is 6.92 Å². The zero-order valence-electron chi connectivity index (χ0n) is 11.4. The topological polar surface area (TPSA) is 68.1 Å². The zero-order chi connectivity index (χ0) is 14.0. The predicted octanol–water partition coefficient (Wildman–Crippen LogP) is 3.06. The highest BCUT2D eigenvalue weighted by Crippen LogP contribution is 2.32. The first-order valence-corrected chi connectivity index (χ1v) is 6.27. The smallest absolute Gasteiger partial charge is 0.342 e. The minimum atomic E-state index is -0.381. The molecule has 0 unspecified atom stereocenters. The fraction of sp³-hybridized carbons (Fsp3) is 0.267. The van der Waals surface area contributed by atoms with Crippen LogP contribution in [0.5, 0.6) is 0 Å². The lowest BCUT2D eigenvalue weighted by molar-refractivity contribution is 0.0527. The van der Waals surface area contributed by atoms with Gasteiger partial charge in [0.05, 0.1) is 18.0 Å². The fourth-order valence-electron chi connectivity index (χ4n) is 2.18. The normalized spacial score (nSPS) is 10.5. The van der Waals surface area contributed by atoms with Crippen LogP contribution in [0.4, 0.5) is 5.69 Å². The Hall–Kier alpha value is -2.23. The molecule has 19 heavy (non-hydrogen) atoms. The summed E-state index contributed by atoms with van der Waals surface area (Å²) >= 11 is 0. The molecule has 0 saturated carbocycles. The van der Waals surface area contributed by atoms with Crippen molar-refractivity contribution in [1.29, 1.82) is 0 Å². The maximum atomic E-state index is 11.9. The van der Waals surface area contributed by atoms with Crippen molar-refractivity contribution >= 4 is 11.7 Å². The number of hydrogen-bond donors (Lipinski definition) is 2. The molecule has 0 amide bonds. The molecule has 1 aromatic heterocycles. The quantitative estimate of drug-likeness (QED) is 0.831. The van der Waals surface area contributed by atoms with Crippen LogP contribution in [-0.4, -0.2) is 17.6 Å². The molecule has 0 aliphatic rings. The van der Waals surface area contributed by atoms with E-state index in [1.807, 2.05) is 38.1 Å². The van der Waals surface area contributed by atoms with Gasteiger partial charge in [-0.3, -0.25) is 0 Å². The van der Waals surface area contributed by atoms with E-state index in [0.717, 1.165) is 22.5 Å². The van der Waals surface area contributed by atoms with E-state index in [0.29, 0.717) is 17.9 Å². The fourth-order valence-corrected chi connectivity index (χ4v) is 2.18. The van der Waals surface area contributed by atoms with E-state index in [-0.39, 0.29) is 5.97 Å². The van der Waals surface area contributed by atoms with E-state index in [1.165, 1.54) is 0 Å². The van der Waals surface area contributed by atoms with E-state index >= 15 is 0 Å². The lowest BCUT2D eigenvalue weighted by atomic mass is 10.0. The molecule has 0 spiro atoms. The van der Waals surface area contributed by atoms with Gasteiger partial charge in [0.1, 0.15) is 5.56 Å². The molecule has 2 rings (SSSR count). The highest BCUT2D eigenvalue weighted by molar-refractivity contribution is 6.00. The Balaban J connectivity index is 2.54. The molecule has 0 atom stereocenters. The number of hydrogen-bond acceptors (Lipinski definition) is 3. The minimum Gasteiger partial charge on any atom is -0.462 e. The van der Waals surface area contributed by atoms with E-state index in [4.69, 9.17) is 10.5 Å². The predicted molar refractivity (Wildman–Crippen MR) is 76.1 cm³/mol. The average Bonchev–Trinajstić information content (AvgIpc) is 2.66. The number of carbonyl (C=O) groups excluding carboxylic acids is 1. The van der Waals surface area contributed by atoms with E-state index < -0.39 is 0 Å². The molecule has 2 aromatic rings. The van der Waals surface area contributed by atoms with Gasteiger partial charge < -0.3 is 15.5 Å². The van der Waals surface area contributed by atoms with Crippen LogP contribution in [0, 0.1) is 13.8 Å².